The molecule has 0 atom stereocenters. The molecule has 0 amide bonds. The third-order valence-electron chi connectivity index (χ3n) is 1.61. The van der Waals surface area contributed by atoms with E-state index in [1.54, 1.807) is 24.3 Å². The van der Waals surface area contributed by atoms with E-state index in [9.17, 15) is 13.2 Å². The molecule has 0 saturated heterocycles. The van der Waals surface area contributed by atoms with Crippen LogP contribution >= 0.6 is 11.6 Å². The molecule has 72 valence electrons. The Kier molecular flexibility index (Phi) is 3.20. The predicted molar refractivity (Wildman–Crippen MR) is 45.8 cm³/mol. The van der Waals surface area contributed by atoms with Crippen LogP contribution in [0.5, 0.6) is 0 Å². The van der Waals surface area contributed by atoms with Crippen LogP contribution in [0.25, 0.3) is 0 Å². The van der Waals surface area contributed by atoms with Gasteiger partial charge in [-0.25, -0.2) is 0 Å². The van der Waals surface area contributed by atoms with Gasteiger partial charge in [0.15, 0.2) is 0 Å². The van der Waals surface area contributed by atoms with Crippen LogP contribution in [-0.2, 0) is 6.42 Å². The Balaban J connectivity index is 2.51. The van der Waals surface area contributed by atoms with Gasteiger partial charge in [0.25, 0.3) is 0 Å². The lowest BCUT2D eigenvalue weighted by molar-refractivity contribution is -0.133. The van der Waals surface area contributed by atoms with E-state index in [2.05, 4.69) is 0 Å². The molecule has 0 bridgehead atoms. The van der Waals surface area contributed by atoms with Gasteiger partial charge in [0, 0.05) is 11.4 Å². The van der Waals surface area contributed by atoms with Gasteiger partial charge in [-0.15, -0.1) is 0 Å². The first-order valence-corrected chi connectivity index (χ1v) is 4.16. The lowest BCUT2D eigenvalue weighted by Gasteiger charge is -2.05. The quantitative estimate of drug-likeness (QED) is 0.693. The van der Waals surface area contributed by atoms with Crippen LogP contribution in [0.2, 0.25) is 5.02 Å². The van der Waals surface area contributed by atoms with E-state index >= 15 is 0 Å². The van der Waals surface area contributed by atoms with Gasteiger partial charge in [0.05, 0.1) is 0 Å². The molecule has 0 aliphatic carbocycles. The number of aryl methyl sites for hydroxylation is 1. The second-order valence-electron chi connectivity index (χ2n) is 2.74. The van der Waals surface area contributed by atoms with E-state index in [1.165, 1.54) is 0 Å². The Morgan fingerprint density at radius 2 is 1.62 bits per heavy atom. The summed E-state index contributed by atoms with van der Waals surface area (Å²) in [5.74, 6) is 0. The number of benzene rings is 1. The topological polar surface area (TPSA) is 0 Å². The molecule has 0 spiro atoms. The summed E-state index contributed by atoms with van der Waals surface area (Å²) in [6.45, 7) is 0. The summed E-state index contributed by atoms with van der Waals surface area (Å²) in [5, 5.41) is 0.538. The fourth-order valence-electron chi connectivity index (χ4n) is 0.937. The summed E-state index contributed by atoms with van der Waals surface area (Å²) < 4.78 is 35.4. The average Bonchev–Trinajstić information content (AvgIpc) is 2.02. The minimum atomic E-state index is -4.08. The molecule has 0 radical (unpaired) electrons. The van der Waals surface area contributed by atoms with Crippen molar-refractivity contribution in [1.82, 2.24) is 0 Å². The van der Waals surface area contributed by atoms with Crippen molar-refractivity contribution < 1.29 is 13.2 Å². The molecule has 13 heavy (non-hydrogen) atoms. The van der Waals surface area contributed by atoms with E-state index in [1.807, 2.05) is 0 Å². The van der Waals surface area contributed by atoms with E-state index in [0.717, 1.165) is 0 Å². The molecule has 0 N–H and O–H groups in total. The van der Waals surface area contributed by atoms with Crippen molar-refractivity contribution in [3.05, 3.63) is 34.9 Å². The maximum atomic E-state index is 11.8. The van der Waals surface area contributed by atoms with Gasteiger partial charge in [0.2, 0.25) is 0 Å². The van der Waals surface area contributed by atoms with Gasteiger partial charge < -0.3 is 0 Å². The highest BCUT2D eigenvalue weighted by atomic mass is 35.5. The van der Waals surface area contributed by atoms with Crippen LogP contribution in [0.15, 0.2) is 24.3 Å². The smallest absolute Gasteiger partial charge is 0.171 e. The minimum Gasteiger partial charge on any atom is -0.171 e. The summed E-state index contributed by atoms with van der Waals surface area (Å²) in [4.78, 5) is 0. The van der Waals surface area contributed by atoms with Gasteiger partial charge in [-0.1, -0.05) is 23.7 Å². The first-order valence-electron chi connectivity index (χ1n) is 3.78. The molecule has 1 aromatic rings. The van der Waals surface area contributed by atoms with Crippen LogP contribution < -0.4 is 0 Å². The summed E-state index contributed by atoms with van der Waals surface area (Å²) in [6.07, 6.45) is -4.85. The van der Waals surface area contributed by atoms with Crippen molar-refractivity contribution >= 4 is 11.6 Å². The molecule has 0 aliphatic heterocycles. The van der Waals surface area contributed by atoms with Crippen LogP contribution in [0, 0.1) is 0 Å². The Labute approximate surface area is 79.3 Å². The van der Waals surface area contributed by atoms with Crippen LogP contribution in [0.1, 0.15) is 12.0 Å². The third kappa shape index (κ3) is 4.18. The van der Waals surface area contributed by atoms with Gasteiger partial charge in [0.1, 0.15) is 0 Å². The zero-order valence-electron chi connectivity index (χ0n) is 6.74. The highest BCUT2D eigenvalue weighted by molar-refractivity contribution is 6.30. The molecular formula is C9H8ClF3. The Hall–Kier alpha value is -0.700. The molecule has 0 unspecified atom stereocenters. The number of rotatable bonds is 2. The zero-order chi connectivity index (χ0) is 9.90. The van der Waals surface area contributed by atoms with Crippen molar-refractivity contribution in [3.8, 4) is 0 Å². The summed E-state index contributed by atoms with van der Waals surface area (Å²) >= 11 is 5.58. The van der Waals surface area contributed by atoms with Gasteiger partial charge in [-0.3, -0.25) is 0 Å². The Bertz CT molecular complexity index is 263. The monoisotopic (exact) mass is 208 g/mol. The fraction of sp³-hybridized carbons (Fsp3) is 0.333. The lowest BCUT2D eigenvalue weighted by atomic mass is 10.1. The predicted octanol–water partition coefficient (Wildman–Crippen LogP) is 3.83. The third-order valence-corrected chi connectivity index (χ3v) is 1.86. The molecule has 1 rings (SSSR count). The Morgan fingerprint density at radius 1 is 1.08 bits per heavy atom. The second kappa shape index (κ2) is 4.01. The van der Waals surface area contributed by atoms with Crippen molar-refractivity contribution in [1.29, 1.82) is 0 Å². The fourth-order valence-corrected chi connectivity index (χ4v) is 1.06. The van der Waals surface area contributed by atoms with E-state index in [0.29, 0.717) is 10.6 Å². The largest absolute Gasteiger partial charge is 0.389 e. The van der Waals surface area contributed by atoms with Crippen molar-refractivity contribution in [2.24, 2.45) is 0 Å². The number of hydrogen-bond donors (Lipinski definition) is 0. The SMILES string of the molecule is FC(F)(F)CCc1ccc(Cl)cc1. The first-order chi connectivity index (χ1) is 5.97. The standard InChI is InChI=1S/C9H8ClF3/c10-8-3-1-7(2-4-8)5-6-9(11,12)13/h1-4H,5-6H2. The molecule has 0 saturated carbocycles. The van der Waals surface area contributed by atoms with Crippen LogP contribution in [-0.4, -0.2) is 6.18 Å². The molecule has 4 heteroatoms. The average molecular weight is 209 g/mol. The molecule has 0 fully saturated rings. The molecule has 0 aliphatic rings. The first kappa shape index (κ1) is 10.4. The highest BCUT2D eigenvalue weighted by Gasteiger charge is 2.26. The number of hydrogen-bond acceptors (Lipinski definition) is 0. The molecular weight excluding hydrogens is 201 g/mol. The Morgan fingerprint density at radius 3 is 2.08 bits per heavy atom. The van der Waals surface area contributed by atoms with Crippen molar-refractivity contribution in [2.45, 2.75) is 19.0 Å². The summed E-state index contributed by atoms with van der Waals surface area (Å²) in [7, 11) is 0. The van der Waals surface area contributed by atoms with E-state index in [4.69, 9.17) is 11.6 Å². The molecule has 0 aromatic heterocycles. The normalized spacial score (nSPS) is 11.7. The maximum absolute atomic E-state index is 11.8. The van der Waals surface area contributed by atoms with Gasteiger partial charge in [-0.05, 0) is 24.1 Å². The van der Waals surface area contributed by atoms with E-state index < -0.39 is 12.6 Å². The molecule has 0 heterocycles. The van der Waals surface area contributed by atoms with Crippen LogP contribution in [0.4, 0.5) is 13.2 Å². The highest BCUT2D eigenvalue weighted by Crippen LogP contribution is 2.22. The lowest BCUT2D eigenvalue weighted by Crippen LogP contribution is -2.08. The minimum absolute atomic E-state index is 0.0146. The van der Waals surface area contributed by atoms with Crippen LogP contribution in [0.3, 0.4) is 0 Å². The van der Waals surface area contributed by atoms with Crippen molar-refractivity contribution in [2.75, 3.05) is 0 Å². The van der Waals surface area contributed by atoms with Gasteiger partial charge >= 0.3 is 6.18 Å². The number of halogens is 4. The maximum Gasteiger partial charge on any atom is 0.389 e. The summed E-state index contributed by atoms with van der Waals surface area (Å²) in [5.41, 5.74) is 0.654. The van der Waals surface area contributed by atoms with Gasteiger partial charge in [-0.2, -0.15) is 13.2 Å². The van der Waals surface area contributed by atoms with E-state index in [-0.39, 0.29) is 6.42 Å². The number of alkyl halides is 3. The summed E-state index contributed by atoms with van der Waals surface area (Å²) in [6, 6.07) is 6.39. The van der Waals surface area contributed by atoms with Crippen molar-refractivity contribution in [3.63, 3.8) is 0 Å². The molecule has 1 aromatic carbocycles. The second-order valence-corrected chi connectivity index (χ2v) is 3.18. The molecule has 0 nitrogen and oxygen atoms in total. The zero-order valence-corrected chi connectivity index (χ0v) is 7.49.